The molecular formula is C18H26N2O3. The van der Waals surface area contributed by atoms with E-state index in [-0.39, 0.29) is 29.1 Å². The quantitative estimate of drug-likeness (QED) is 0.893. The van der Waals surface area contributed by atoms with Crippen LogP contribution in [0.25, 0.3) is 0 Å². The summed E-state index contributed by atoms with van der Waals surface area (Å²) in [5.74, 6) is -0.165. The summed E-state index contributed by atoms with van der Waals surface area (Å²) in [5, 5.41) is 9.60. The summed E-state index contributed by atoms with van der Waals surface area (Å²) in [5.41, 5.74) is 2.08. The second-order valence-electron chi connectivity index (χ2n) is 7.03. The molecule has 1 amide bonds. The number of carbonyl (C=O) groups is 1. The van der Waals surface area contributed by atoms with Gasteiger partial charge in [-0.3, -0.25) is 9.59 Å². The van der Waals surface area contributed by atoms with Crippen LogP contribution in [0.1, 0.15) is 60.6 Å². The number of hydrogen-bond acceptors (Lipinski definition) is 3. The molecule has 0 atom stereocenters. The fourth-order valence-corrected chi connectivity index (χ4v) is 3.81. The topological polar surface area (TPSA) is 73.4 Å². The Kier molecular flexibility index (Phi) is 4.57. The van der Waals surface area contributed by atoms with Crippen LogP contribution in [-0.2, 0) is 12.8 Å². The van der Waals surface area contributed by atoms with Gasteiger partial charge in [-0.05, 0) is 62.0 Å². The Morgan fingerprint density at radius 1 is 1.30 bits per heavy atom. The molecule has 2 aliphatic rings. The Labute approximate surface area is 136 Å². The van der Waals surface area contributed by atoms with Crippen molar-refractivity contribution in [1.29, 1.82) is 0 Å². The van der Waals surface area contributed by atoms with Crippen molar-refractivity contribution in [2.24, 2.45) is 5.41 Å². The van der Waals surface area contributed by atoms with Crippen molar-refractivity contribution in [1.82, 2.24) is 9.88 Å². The fraction of sp³-hybridized carbons (Fsp3) is 0.667. The van der Waals surface area contributed by atoms with Crippen LogP contribution in [0.3, 0.4) is 0 Å². The smallest absolute Gasteiger partial charge is 0.261 e. The first-order valence-corrected chi connectivity index (χ1v) is 8.74. The van der Waals surface area contributed by atoms with Crippen LogP contribution < -0.4 is 5.56 Å². The van der Waals surface area contributed by atoms with Gasteiger partial charge in [-0.15, -0.1) is 0 Å². The second kappa shape index (κ2) is 6.48. The second-order valence-corrected chi connectivity index (χ2v) is 7.03. The molecule has 1 aliphatic carbocycles. The minimum atomic E-state index is -0.259. The van der Waals surface area contributed by atoms with Crippen LogP contribution >= 0.6 is 0 Å². The number of piperidine rings is 1. The number of pyridine rings is 1. The van der Waals surface area contributed by atoms with Crippen molar-refractivity contribution in [3.8, 4) is 0 Å². The first-order chi connectivity index (χ1) is 11.1. The van der Waals surface area contributed by atoms with Crippen molar-refractivity contribution in [3.05, 3.63) is 33.2 Å². The first kappa shape index (κ1) is 16.2. The molecule has 5 heteroatoms. The Balaban J connectivity index is 1.78. The Hall–Kier alpha value is -1.62. The van der Waals surface area contributed by atoms with Gasteiger partial charge in [-0.2, -0.15) is 0 Å². The predicted molar refractivity (Wildman–Crippen MR) is 88.7 cm³/mol. The number of amides is 1. The monoisotopic (exact) mass is 318 g/mol. The molecule has 0 bridgehead atoms. The minimum absolute atomic E-state index is 0.0565. The highest BCUT2D eigenvalue weighted by atomic mass is 16.3. The van der Waals surface area contributed by atoms with E-state index in [1.807, 2.05) is 6.07 Å². The molecule has 2 heterocycles. The zero-order valence-electron chi connectivity index (χ0n) is 13.9. The Morgan fingerprint density at radius 2 is 2.00 bits per heavy atom. The summed E-state index contributed by atoms with van der Waals surface area (Å²) in [6.07, 6.45) is 6.58. The summed E-state index contributed by atoms with van der Waals surface area (Å²) >= 11 is 0. The fourth-order valence-electron chi connectivity index (χ4n) is 3.81. The van der Waals surface area contributed by atoms with E-state index < -0.39 is 0 Å². The molecular weight excluding hydrogens is 292 g/mol. The van der Waals surface area contributed by atoms with Gasteiger partial charge in [-0.25, -0.2) is 0 Å². The number of nitrogens with zero attached hydrogens (tertiary/aromatic N) is 1. The standard InChI is InChI=1S/C18H26N2O3/c1-2-18(12-21)7-9-20(10-8-18)17(23)14-11-13-5-3-4-6-15(13)19-16(14)22/h11,21H,2-10,12H2,1H3,(H,19,22). The van der Waals surface area contributed by atoms with Gasteiger partial charge in [0.15, 0.2) is 0 Å². The molecule has 126 valence electrons. The number of H-pyrrole nitrogens is 1. The third kappa shape index (κ3) is 3.07. The Morgan fingerprint density at radius 3 is 2.65 bits per heavy atom. The van der Waals surface area contributed by atoms with E-state index in [4.69, 9.17) is 0 Å². The van der Waals surface area contributed by atoms with Crippen molar-refractivity contribution in [2.75, 3.05) is 19.7 Å². The van der Waals surface area contributed by atoms with Gasteiger partial charge in [0.05, 0.1) is 0 Å². The summed E-state index contributed by atoms with van der Waals surface area (Å²) in [6.45, 7) is 3.49. The van der Waals surface area contributed by atoms with E-state index in [1.165, 1.54) is 0 Å². The number of nitrogens with one attached hydrogen (secondary N) is 1. The lowest BCUT2D eigenvalue weighted by Gasteiger charge is -2.40. The highest BCUT2D eigenvalue weighted by Gasteiger charge is 2.34. The van der Waals surface area contributed by atoms with E-state index in [0.29, 0.717) is 13.1 Å². The number of aryl methyl sites for hydroxylation is 2. The molecule has 23 heavy (non-hydrogen) atoms. The van der Waals surface area contributed by atoms with E-state index in [1.54, 1.807) is 4.90 Å². The van der Waals surface area contributed by atoms with Crippen molar-refractivity contribution < 1.29 is 9.90 Å². The molecule has 0 saturated carbocycles. The number of aromatic nitrogens is 1. The molecule has 0 unspecified atom stereocenters. The van der Waals surface area contributed by atoms with Crippen LogP contribution in [0.4, 0.5) is 0 Å². The molecule has 1 aromatic heterocycles. The van der Waals surface area contributed by atoms with Crippen LogP contribution in [0.5, 0.6) is 0 Å². The average Bonchev–Trinajstić information content (AvgIpc) is 2.60. The predicted octanol–water partition coefficient (Wildman–Crippen LogP) is 1.88. The van der Waals surface area contributed by atoms with Gasteiger partial charge in [0.25, 0.3) is 11.5 Å². The number of rotatable bonds is 3. The zero-order valence-corrected chi connectivity index (χ0v) is 13.9. The number of aliphatic hydroxyl groups excluding tert-OH is 1. The zero-order chi connectivity index (χ0) is 16.4. The summed E-state index contributed by atoms with van der Waals surface area (Å²) < 4.78 is 0. The molecule has 1 saturated heterocycles. The highest BCUT2D eigenvalue weighted by Crippen LogP contribution is 2.34. The van der Waals surface area contributed by atoms with E-state index in [0.717, 1.165) is 56.2 Å². The van der Waals surface area contributed by atoms with Crippen LogP contribution in [0.15, 0.2) is 10.9 Å². The SMILES string of the molecule is CCC1(CO)CCN(C(=O)c2cc3c([nH]c2=O)CCCC3)CC1. The number of hydrogen-bond donors (Lipinski definition) is 2. The van der Waals surface area contributed by atoms with Crippen molar-refractivity contribution >= 4 is 5.91 Å². The van der Waals surface area contributed by atoms with Crippen LogP contribution in [0, 0.1) is 5.41 Å². The van der Waals surface area contributed by atoms with E-state index in [9.17, 15) is 14.7 Å². The molecule has 1 fully saturated rings. The van der Waals surface area contributed by atoms with E-state index in [2.05, 4.69) is 11.9 Å². The third-order valence-electron chi connectivity index (χ3n) is 5.77. The van der Waals surface area contributed by atoms with Gasteiger partial charge in [0.1, 0.15) is 5.56 Å². The molecule has 1 aromatic rings. The molecule has 3 rings (SSSR count). The summed E-state index contributed by atoms with van der Waals surface area (Å²) in [6, 6.07) is 1.81. The van der Waals surface area contributed by atoms with Gasteiger partial charge < -0.3 is 15.0 Å². The van der Waals surface area contributed by atoms with Gasteiger partial charge in [0.2, 0.25) is 0 Å². The molecule has 0 radical (unpaired) electrons. The van der Waals surface area contributed by atoms with Crippen LogP contribution in [0.2, 0.25) is 0 Å². The normalized spacial score (nSPS) is 20.2. The summed E-state index contributed by atoms with van der Waals surface area (Å²) in [7, 11) is 0. The third-order valence-corrected chi connectivity index (χ3v) is 5.77. The highest BCUT2D eigenvalue weighted by molar-refractivity contribution is 5.94. The lowest BCUT2D eigenvalue weighted by atomic mass is 9.77. The maximum atomic E-state index is 12.7. The molecule has 2 N–H and O–H groups in total. The minimum Gasteiger partial charge on any atom is -0.396 e. The largest absolute Gasteiger partial charge is 0.396 e. The van der Waals surface area contributed by atoms with Crippen molar-refractivity contribution in [3.63, 3.8) is 0 Å². The maximum absolute atomic E-state index is 12.7. The molecule has 1 aliphatic heterocycles. The molecule has 0 spiro atoms. The molecule has 5 nitrogen and oxygen atoms in total. The van der Waals surface area contributed by atoms with Crippen LogP contribution in [-0.4, -0.2) is 40.6 Å². The van der Waals surface area contributed by atoms with Gasteiger partial charge in [0, 0.05) is 25.4 Å². The number of likely N-dealkylation sites (tertiary alicyclic amines) is 1. The Bertz CT molecular complexity index is 636. The van der Waals surface area contributed by atoms with E-state index >= 15 is 0 Å². The lowest BCUT2D eigenvalue weighted by Crippen LogP contribution is -2.45. The lowest BCUT2D eigenvalue weighted by molar-refractivity contribution is 0.0337. The number of carbonyl (C=O) groups excluding carboxylic acids is 1. The number of aliphatic hydroxyl groups is 1. The number of aromatic amines is 1. The molecule has 0 aromatic carbocycles. The summed E-state index contributed by atoms with van der Waals surface area (Å²) in [4.78, 5) is 29.7. The van der Waals surface area contributed by atoms with Gasteiger partial charge in [-0.1, -0.05) is 6.92 Å². The maximum Gasteiger partial charge on any atom is 0.261 e. The van der Waals surface area contributed by atoms with Crippen molar-refractivity contribution in [2.45, 2.75) is 51.9 Å². The average molecular weight is 318 g/mol. The van der Waals surface area contributed by atoms with Gasteiger partial charge >= 0.3 is 0 Å². The number of fused-ring (bicyclic) bond motifs is 1. The first-order valence-electron chi connectivity index (χ1n) is 8.74.